The molecule has 0 bridgehead atoms. The Kier molecular flexibility index (Phi) is 12.2. The van der Waals surface area contributed by atoms with Gasteiger partial charge in [0.1, 0.15) is 17.0 Å². The van der Waals surface area contributed by atoms with E-state index in [1.165, 1.54) is 41.8 Å². The van der Waals surface area contributed by atoms with Gasteiger partial charge in [-0.2, -0.15) is 31.4 Å². The lowest BCUT2D eigenvalue weighted by Crippen LogP contribution is -2.65. The average molecular weight is 839 g/mol. The van der Waals surface area contributed by atoms with Crippen LogP contribution in [0, 0.1) is 28.5 Å². The van der Waals surface area contributed by atoms with Gasteiger partial charge in [0.25, 0.3) is 5.91 Å². The van der Waals surface area contributed by atoms with Gasteiger partial charge in [-0.05, 0) is 75.1 Å². The number of carboxylic acid groups (broad SMARTS) is 1. The lowest BCUT2D eigenvalue weighted by Gasteiger charge is -2.51. The summed E-state index contributed by atoms with van der Waals surface area (Å²) in [4.78, 5) is 42.0. The fourth-order valence-electron chi connectivity index (χ4n) is 8.17. The lowest BCUT2D eigenvalue weighted by atomic mass is 9.71. The molecule has 3 atom stereocenters. The third kappa shape index (κ3) is 9.24. The van der Waals surface area contributed by atoms with Gasteiger partial charge in [0.2, 0.25) is 5.91 Å². The minimum Gasteiger partial charge on any atom is -0.478 e. The molecule has 2 aromatic carbocycles. The van der Waals surface area contributed by atoms with E-state index >= 15 is 0 Å². The SMILES string of the molecule is CCC(CCC(C)C(F)(F)F)c1cccc(COC[C@@H]2CN(C(=O)c3cnn(Cc4ccc(F)cc4)c3)CC23CN(C(=O)C2(C(F)(F)F)CC2)C3)c1OC(C)(C)C(=O)O. The number of rotatable bonds is 16. The van der Waals surface area contributed by atoms with Crippen molar-refractivity contribution in [3.8, 4) is 5.75 Å². The third-order valence-electron chi connectivity index (χ3n) is 12.3. The van der Waals surface area contributed by atoms with Gasteiger partial charge in [-0.15, -0.1) is 0 Å². The Morgan fingerprint density at radius 1 is 0.966 bits per heavy atom. The van der Waals surface area contributed by atoms with Gasteiger partial charge in [0.15, 0.2) is 5.60 Å². The molecule has 3 fully saturated rings. The van der Waals surface area contributed by atoms with E-state index in [-0.39, 0.29) is 88.8 Å². The van der Waals surface area contributed by atoms with Crippen LogP contribution >= 0.6 is 0 Å². The number of carboxylic acids is 1. The van der Waals surface area contributed by atoms with Crippen LogP contribution in [-0.2, 0) is 27.5 Å². The van der Waals surface area contributed by atoms with Crippen LogP contribution in [0.15, 0.2) is 54.9 Å². The van der Waals surface area contributed by atoms with E-state index in [1.807, 2.05) is 6.92 Å². The summed E-state index contributed by atoms with van der Waals surface area (Å²) in [5.41, 5.74) is -2.89. The molecule has 1 N–H and O–H groups in total. The summed E-state index contributed by atoms with van der Waals surface area (Å²) < 4.78 is 109. The number of aliphatic carboxylic acids is 1. The number of halogens is 7. The molecule has 1 aromatic heterocycles. The maximum atomic E-state index is 13.9. The largest absolute Gasteiger partial charge is 0.478 e. The lowest BCUT2D eigenvalue weighted by molar-refractivity contribution is -0.205. The average Bonchev–Trinajstić information content (AvgIpc) is 3.72. The molecular weight excluding hydrogens is 789 g/mol. The van der Waals surface area contributed by atoms with Crippen molar-refractivity contribution in [3.05, 3.63) is 82.9 Å². The Balaban J connectivity index is 1.21. The van der Waals surface area contributed by atoms with Gasteiger partial charge < -0.3 is 24.4 Å². The summed E-state index contributed by atoms with van der Waals surface area (Å²) in [6.07, 6.45) is -6.19. The summed E-state index contributed by atoms with van der Waals surface area (Å²) in [7, 11) is 0. The zero-order valence-corrected chi connectivity index (χ0v) is 33.3. The summed E-state index contributed by atoms with van der Waals surface area (Å²) in [6, 6.07) is 10.9. The molecular formula is C42H49F7N4O6. The molecule has 59 heavy (non-hydrogen) atoms. The van der Waals surface area contributed by atoms with Crippen LogP contribution in [0.4, 0.5) is 30.7 Å². The number of hydrogen-bond acceptors (Lipinski definition) is 6. The number of nitrogens with zero attached hydrogens (tertiary/aromatic N) is 4. The molecule has 17 heteroatoms. The van der Waals surface area contributed by atoms with E-state index < -0.39 is 64.2 Å². The van der Waals surface area contributed by atoms with Crippen molar-refractivity contribution in [1.29, 1.82) is 0 Å². The van der Waals surface area contributed by atoms with Crippen LogP contribution in [0.1, 0.15) is 92.8 Å². The fourth-order valence-corrected chi connectivity index (χ4v) is 8.17. The van der Waals surface area contributed by atoms with Gasteiger partial charge >= 0.3 is 18.3 Å². The second-order valence-corrected chi connectivity index (χ2v) is 16.9. The van der Waals surface area contributed by atoms with E-state index in [0.717, 1.165) is 12.5 Å². The summed E-state index contributed by atoms with van der Waals surface area (Å²) in [5, 5.41) is 14.2. The number of benzene rings is 2. The summed E-state index contributed by atoms with van der Waals surface area (Å²) in [6.45, 7) is 6.07. The second-order valence-electron chi connectivity index (χ2n) is 16.9. The quantitative estimate of drug-likeness (QED) is 0.145. The zero-order valence-electron chi connectivity index (χ0n) is 33.3. The van der Waals surface area contributed by atoms with Crippen molar-refractivity contribution in [2.75, 3.05) is 32.8 Å². The van der Waals surface area contributed by atoms with Crippen LogP contribution < -0.4 is 4.74 Å². The number of carbonyl (C=O) groups is 3. The van der Waals surface area contributed by atoms with Crippen molar-refractivity contribution in [2.45, 2.75) is 96.8 Å². The Morgan fingerprint density at radius 3 is 2.22 bits per heavy atom. The molecule has 10 nitrogen and oxygen atoms in total. The first kappa shape index (κ1) is 43.9. The molecule has 3 aliphatic rings. The Bertz CT molecular complexity index is 2000. The van der Waals surface area contributed by atoms with E-state index in [4.69, 9.17) is 9.47 Å². The first-order chi connectivity index (χ1) is 27.6. The maximum Gasteiger partial charge on any atom is 0.403 e. The molecule has 1 aliphatic carbocycles. The highest BCUT2D eigenvalue weighted by molar-refractivity contribution is 5.94. The molecule has 1 spiro atoms. The highest BCUT2D eigenvalue weighted by Crippen LogP contribution is 2.60. The van der Waals surface area contributed by atoms with Crippen LogP contribution in [0.25, 0.3) is 0 Å². The van der Waals surface area contributed by atoms with E-state index in [0.29, 0.717) is 17.5 Å². The standard InChI is InChI=1S/C42H49F7N4O6/c1-5-28(12-9-26(2)41(44,45)46)33-8-6-7-29(34(33)59-38(3,4)37(56)57)21-58-22-31-20-51(23-39(31)24-52(25-39)36(55)40(15-16-40)42(47,48)49)35(54)30-17-50-53(19-30)18-27-10-13-32(43)14-11-27/h6-8,10-11,13-14,17,19,26,28,31H,5,9,12,15-16,18,20-25H2,1-4H3,(H,56,57)/t26?,28?,31-/m0/s1. The van der Waals surface area contributed by atoms with Gasteiger partial charge in [-0.25, -0.2) is 9.18 Å². The van der Waals surface area contributed by atoms with Gasteiger partial charge in [0, 0.05) is 49.3 Å². The number of carbonyl (C=O) groups excluding carboxylic acids is 2. The molecule has 6 rings (SSSR count). The van der Waals surface area contributed by atoms with Gasteiger partial charge in [-0.1, -0.05) is 44.2 Å². The van der Waals surface area contributed by atoms with Gasteiger partial charge in [-0.3, -0.25) is 14.3 Å². The summed E-state index contributed by atoms with van der Waals surface area (Å²) >= 11 is 0. The summed E-state index contributed by atoms with van der Waals surface area (Å²) in [5.74, 6) is -5.20. The minimum absolute atomic E-state index is 0.00630. The Labute approximate surface area is 337 Å². The topological polar surface area (TPSA) is 114 Å². The predicted octanol–water partition coefficient (Wildman–Crippen LogP) is 8.24. The molecule has 2 unspecified atom stereocenters. The number of para-hydroxylation sites is 1. The second kappa shape index (κ2) is 16.4. The number of aromatic nitrogens is 2. The van der Waals surface area contributed by atoms with Crippen molar-refractivity contribution in [3.63, 3.8) is 0 Å². The third-order valence-corrected chi connectivity index (χ3v) is 12.3. The number of likely N-dealkylation sites (tertiary alicyclic amines) is 2. The van der Waals surface area contributed by atoms with E-state index in [1.54, 1.807) is 41.4 Å². The minimum atomic E-state index is -4.68. The van der Waals surface area contributed by atoms with Crippen LogP contribution in [0.3, 0.4) is 0 Å². The monoisotopic (exact) mass is 838 g/mol. The molecule has 0 radical (unpaired) electrons. The molecule has 3 aromatic rings. The first-order valence-electron chi connectivity index (χ1n) is 19.7. The molecule has 322 valence electrons. The molecule has 2 saturated heterocycles. The van der Waals surface area contributed by atoms with Crippen molar-refractivity contribution < 1.29 is 59.7 Å². The van der Waals surface area contributed by atoms with Crippen molar-refractivity contribution >= 4 is 17.8 Å². The number of ether oxygens (including phenoxy) is 2. The van der Waals surface area contributed by atoms with Crippen LogP contribution in [-0.4, -0.2) is 93.2 Å². The van der Waals surface area contributed by atoms with Crippen LogP contribution in [0.2, 0.25) is 0 Å². The molecule has 2 aliphatic heterocycles. The predicted molar refractivity (Wildman–Crippen MR) is 200 cm³/mol. The fraction of sp³-hybridized carbons (Fsp3) is 0.571. The zero-order chi connectivity index (χ0) is 43.1. The maximum absolute atomic E-state index is 13.9. The van der Waals surface area contributed by atoms with Crippen LogP contribution in [0.5, 0.6) is 5.75 Å². The number of alkyl halides is 6. The van der Waals surface area contributed by atoms with E-state index in [2.05, 4.69) is 5.10 Å². The van der Waals surface area contributed by atoms with Crippen molar-refractivity contribution in [1.82, 2.24) is 19.6 Å². The Morgan fingerprint density at radius 2 is 1.63 bits per heavy atom. The molecule has 3 heterocycles. The van der Waals surface area contributed by atoms with Crippen molar-refractivity contribution in [2.24, 2.45) is 22.7 Å². The molecule has 2 amide bonds. The smallest absolute Gasteiger partial charge is 0.403 e. The van der Waals surface area contributed by atoms with Gasteiger partial charge in [0.05, 0.1) is 37.4 Å². The Hall–Kier alpha value is -4.67. The molecule has 1 saturated carbocycles. The van der Waals surface area contributed by atoms with E-state index in [9.17, 15) is 50.2 Å². The number of hydrogen-bond donors (Lipinski definition) is 1. The highest BCUT2D eigenvalue weighted by Gasteiger charge is 2.71. The highest BCUT2D eigenvalue weighted by atomic mass is 19.4. The number of amides is 2. The normalized spacial score (nSPS) is 19.7. The first-order valence-corrected chi connectivity index (χ1v) is 19.7.